The van der Waals surface area contributed by atoms with Gasteiger partial charge in [0.15, 0.2) is 0 Å². The van der Waals surface area contributed by atoms with Gasteiger partial charge in [-0.2, -0.15) is 5.26 Å². The van der Waals surface area contributed by atoms with Gasteiger partial charge in [-0.15, -0.1) is 11.8 Å². The Morgan fingerprint density at radius 3 is 2.73 bits per heavy atom. The van der Waals surface area contributed by atoms with Gasteiger partial charge in [0.2, 0.25) is 5.91 Å². The lowest BCUT2D eigenvalue weighted by Crippen LogP contribution is -2.30. The largest absolute Gasteiger partial charge is 0.345 e. The Balaban J connectivity index is 1.69. The normalized spacial score (nSPS) is 15.5. The number of benzene rings is 2. The van der Waals surface area contributed by atoms with Crippen LogP contribution in [0, 0.1) is 11.3 Å². The number of fused-ring (bicyclic) bond motifs is 1. The molecule has 2 amide bonds. The van der Waals surface area contributed by atoms with Crippen molar-refractivity contribution in [3.8, 4) is 6.07 Å². The molecule has 7 heteroatoms. The lowest BCUT2D eigenvalue weighted by Gasteiger charge is -2.26. The molecule has 2 aromatic carbocycles. The second-order valence-corrected chi connectivity index (χ2v) is 7.38. The standard InChI is InChI=1S/C19H16ClN3O2S/c20-13-3-6-17-15(11-13)16(8-10-26-17)23-19(25)12-1-4-14(5-2-12)22-18(24)7-9-21/h1-6,11,16H,7-8,10H2,(H,22,24)(H,23,25). The van der Waals surface area contributed by atoms with Gasteiger partial charge < -0.3 is 10.6 Å². The van der Waals surface area contributed by atoms with E-state index in [9.17, 15) is 9.59 Å². The number of hydrogen-bond acceptors (Lipinski definition) is 4. The Labute approximate surface area is 160 Å². The maximum absolute atomic E-state index is 12.6. The minimum atomic E-state index is -0.377. The Morgan fingerprint density at radius 2 is 2.00 bits per heavy atom. The first-order valence-corrected chi connectivity index (χ1v) is 9.43. The molecule has 1 atom stereocenters. The number of nitrogens with one attached hydrogen (secondary N) is 2. The van der Waals surface area contributed by atoms with E-state index in [1.807, 2.05) is 18.2 Å². The number of carbonyl (C=O) groups excluding carboxylic acids is 2. The highest BCUT2D eigenvalue weighted by Gasteiger charge is 2.23. The van der Waals surface area contributed by atoms with Gasteiger partial charge in [-0.05, 0) is 54.4 Å². The first-order valence-electron chi connectivity index (χ1n) is 8.07. The van der Waals surface area contributed by atoms with Crippen LogP contribution in [0.25, 0.3) is 0 Å². The zero-order valence-electron chi connectivity index (χ0n) is 13.8. The first kappa shape index (κ1) is 18.3. The van der Waals surface area contributed by atoms with E-state index in [1.165, 1.54) is 0 Å². The van der Waals surface area contributed by atoms with E-state index in [-0.39, 0.29) is 24.3 Å². The number of anilines is 1. The molecule has 1 aliphatic rings. The summed E-state index contributed by atoms with van der Waals surface area (Å²) in [5.74, 6) is 0.379. The van der Waals surface area contributed by atoms with E-state index in [0.717, 1.165) is 22.6 Å². The average molecular weight is 386 g/mol. The van der Waals surface area contributed by atoms with Gasteiger partial charge in [0.25, 0.3) is 5.91 Å². The van der Waals surface area contributed by atoms with Gasteiger partial charge in [-0.1, -0.05) is 11.6 Å². The summed E-state index contributed by atoms with van der Waals surface area (Å²) in [4.78, 5) is 25.1. The maximum atomic E-state index is 12.6. The average Bonchev–Trinajstić information content (AvgIpc) is 2.63. The molecule has 132 valence electrons. The molecule has 0 saturated heterocycles. The summed E-state index contributed by atoms with van der Waals surface area (Å²) in [5.41, 5.74) is 2.10. The first-order chi connectivity index (χ1) is 12.6. The van der Waals surface area contributed by atoms with Crippen LogP contribution in [0.15, 0.2) is 47.4 Å². The summed E-state index contributed by atoms with van der Waals surface area (Å²) < 4.78 is 0. The third kappa shape index (κ3) is 4.37. The Bertz CT molecular complexity index is 877. The van der Waals surface area contributed by atoms with Gasteiger partial charge in [-0.3, -0.25) is 9.59 Å². The molecule has 0 radical (unpaired) electrons. The minimum absolute atomic E-state index is 0.0764. The zero-order valence-corrected chi connectivity index (χ0v) is 15.4. The number of carbonyl (C=O) groups is 2. The molecule has 1 aliphatic heterocycles. The highest BCUT2D eigenvalue weighted by atomic mass is 35.5. The fourth-order valence-electron chi connectivity index (χ4n) is 2.74. The van der Waals surface area contributed by atoms with E-state index in [2.05, 4.69) is 10.6 Å². The van der Waals surface area contributed by atoms with Crippen LogP contribution in [-0.4, -0.2) is 17.6 Å². The molecule has 0 bridgehead atoms. The molecule has 0 aromatic heterocycles. The van der Waals surface area contributed by atoms with Crippen molar-refractivity contribution < 1.29 is 9.59 Å². The van der Waals surface area contributed by atoms with Crippen LogP contribution in [0.1, 0.15) is 34.8 Å². The molecular weight excluding hydrogens is 370 g/mol. The van der Waals surface area contributed by atoms with E-state index in [4.69, 9.17) is 16.9 Å². The van der Waals surface area contributed by atoms with Gasteiger partial charge >= 0.3 is 0 Å². The van der Waals surface area contributed by atoms with Crippen LogP contribution < -0.4 is 10.6 Å². The molecule has 2 N–H and O–H groups in total. The van der Waals surface area contributed by atoms with Gasteiger partial charge in [0, 0.05) is 26.9 Å². The number of hydrogen-bond donors (Lipinski definition) is 2. The summed E-state index contributed by atoms with van der Waals surface area (Å²) in [5, 5.41) is 14.8. The second-order valence-electron chi connectivity index (χ2n) is 5.81. The van der Waals surface area contributed by atoms with E-state index in [1.54, 1.807) is 42.1 Å². The molecule has 1 unspecified atom stereocenters. The molecule has 0 spiro atoms. The highest BCUT2D eigenvalue weighted by Crippen LogP contribution is 2.37. The van der Waals surface area contributed by atoms with Crippen LogP contribution >= 0.6 is 23.4 Å². The van der Waals surface area contributed by atoms with Gasteiger partial charge in [0.05, 0.1) is 12.1 Å². The molecule has 0 aliphatic carbocycles. The van der Waals surface area contributed by atoms with Crippen molar-refractivity contribution in [2.24, 2.45) is 0 Å². The Morgan fingerprint density at radius 1 is 1.23 bits per heavy atom. The fraction of sp³-hybridized carbons (Fsp3) is 0.211. The van der Waals surface area contributed by atoms with Crippen LogP contribution in [-0.2, 0) is 4.79 Å². The summed E-state index contributed by atoms with van der Waals surface area (Å²) >= 11 is 7.86. The molecule has 0 fully saturated rings. The predicted molar refractivity (Wildman–Crippen MR) is 102 cm³/mol. The molecule has 0 saturated carbocycles. The summed E-state index contributed by atoms with van der Waals surface area (Å²) in [6.45, 7) is 0. The zero-order chi connectivity index (χ0) is 18.5. The SMILES string of the molecule is N#CCC(=O)Nc1ccc(C(=O)NC2CCSc3ccc(Cl)cc32)cc1. The number of nitrogens with zero attached hydrogens (tertiary/aromatic N) is 1. The molecule has 3 rings (SSSR count). The van der Waals surface area contributed by atoms with Crippen molar-refractivity contribution in [2.45, 2.75) is 23.8 Å². The fourth-order valence-corrected chi connectivity index (χ4v) is 4.02. The van der Waals surface area contributed by atoms with Crippen molar-refractivity contribution in [1.82, 2.24) is 5.32 Å². The molecule has 2 aromatic rings. The third-order valence-electron chi connectivity index (χ3n) is 3.99. The molecule has 5 nitrogen and oxygen atoms in total. The van der Waals surface area contributed by atoms with Crippen LogP contribution in [0.5, 0.6) is 0 Å². The van der Waals surface area contributed by atoms with Crippen LogP contribution in [0.2, 0.25) is 5.02 Å². The number of thioether (sulfide) groups is 1. The van der Waals surface area contributed by atoms with E-state index >= 15 is 0 Å². The monoisotopic (exact) mass is 385 g/mol. The summed E-state index contributed by atoms with van der Waals surface area (Å²) in [7, 11) is 0. The Hall–Kier alpha value is -2.49. The van der Waals surface area contributed by atoms with Crippen molar-refractivity contribution in [3.05, 3.63) is 58.6 Å². The lowest BCUT2D eigenvalue weighted by molar-refractivity contribution is -0.115. The topological polar surface area (TPSA) is 82.0 Å². The van der Waals surface area contributed by atoms with Crippen molar-refractivity contribution >= 4 is 40.9 Å². The van der Waals surface area contributed by atoms with E-state index in [0.29, 0.717) is 16.3 Å². The van der Waals surface area contributed by atoms with Crippen LogP contribution in [0.3, 0.4) is 0 Å². The van der Waals surface area contributed by atoms with Crippen LogP contribution in [0.4, 0.5) is 5.69 Å². The second kappa shape index (κ2) is 8.26. The summed E-state index contributed by atoms with van der Waals surface area (Å²) in [6.07, 6.45) is 0.635. The lowest BCUT2D eigenvalue weighted by atomic mass is 10.0. The number of halogens is 1. The molecule has 1 heterocycles. The van der Waals surface area contributed by atoms with Gasteiger partial charge in [0.1, 0.15) is 6.42 Å². The minimum Gasteiger partial charge on any atom is -0.345 e. The molecular formula is C19H16ClN3O2S. The number of rotatable bonds is 4. The maximum Gasteiger partial charge on any atom is 0.251 e. The third-order valence-corrected chi connectivity index (χ3v) is 5.34. The molecule has 26 heavy (non-hydrogen) atoms. The highest BCUT2D eigenvalue weighted by molar-refractivity contribution is 7.99. The van der Waals surface area contributed by atoms with Gasteiger partial charge in [-0.25, -0.2) is 0 Å². The predicted octanol–water partition coefficient (Wildman–Crippen LogP) is 4.16. The van der Waals surface area contributed by atoms with Crippen molar-refractivity contribution in [1.29, 1.82) is 5.26 Å². The summed E-state index contributed by atoms with van der Waals surface area (Å²) in [6, 6.07) is 14.0. The Kier molecular flexibility index (Phi) is 5.82. The van der Waals surface area contributed by atoms with Crippen molar-refractivity contribution in [3.63, 3.8) is 0 Å². The number of nitriles is 1. The van der Waals surface area contributed by atoms with E-state index < -0.39 is 0 Å². The van der Waals surface area contributed by atoms with Crippen molar-refractivity contribution in [2.75, 3.05) is 11.1 Å². The smallest absolute Gasteiger partial charge is 0.251 e. The quantitative estimate of drug-likeness (QED) is 0.827. The number of amides is 2.